The topological polar surface area (TPSA) is 57.6 Å². The van der Waals surface area contributed by atoms with Gasteiger partial charge in [0.25, 0.3) is 0 Å². The molecule has 1 aromatic rings. The van der Waals surface area contributed by atoms with Gasteiger partial charge in [-0.25, -0.2) is 0 Å². The van der Waals surface area contributed by atoms with E-state index in [9.17, 15) is 5.11 Å². The van der Waals surface area contributed by atoms with Crippen molar-refractivity contribution in [2.45, 2.75) is 26.0 Å². The van der Waals surface area contributed by atoms with Crippen LogP contribution in [0.5, 0.6) is 0 Å². The van der Waals surface area contributed by atoms with Gasteiger partial charge in [0.15, 0.2) is 0 Å². The third kappa shape index (κ3) is 2.91. The molecule has 2 atom stereocenters. The zero-order valence-electron chi connectivity index (χ0n) is 11.0. The van der Waals surface area contributed by atoms with Crippen LogP contribution in [0.15, 0.2) is 18.5 Å². The Kier molecular flexibility index (Phi) is 4.38. The van der Waals surface area contributed by atoms with Crippen LogP contribution >= 0.6 is 0 Å². The number of rotatable bonds is 4. The molecule has 2 rings (SSSR count). The third-order valence-electron chi connectivity index (χ3n) is 3.15. The number of nitrogens with zero attached hydrogens (tertiary/aromatic N) is 2. The predicted octanol–water partition coefficient (Wildman–Crippen LogP) is 1.10. The van der Waals surface area contributed by atoms with Crippen LogP contribution in [0.1, 0.15) is 13.8 Å². The lowest BCUT2D eigenvalue weighted by Gasteiger charge is -2.39. The molecule has 2 heterocycles. The van der Waals surface area contributed by atoms with Crippen LogP contribution in [0.2, 0.25) is 0 Å². The number of anilines is 2. The number of pyridine rings is 1. The molecule has 2 N–H and O–H groups in total. The molecule has 1 saturated heterocycles. The Morgan fingerprint density at radius 1 is 1.56 bits per heavy atom. The van der Waals surface area contributed by atoms with Crippen molar-refractivity contribution in [1.29, 1.82) is 0 Å². The normalized spacial score (nSPS) is 24.1. The zero-order chi connectivity index (χ0) is 13.0. The maximum atomic E-state index is 9.20. The maximum absolute atomic E-state index is 9.20. The monoisotopic (exact) mass is 251 g/mol. The van der Waals surface area contributed by atoms with Crippen molar-refractivity contribution in [1.82, 2.24) is 4.98 Å². The summed E-state index contributed by atoms with van der Waals surface area (Å²) in [6.45, 7) is 6.46. The SMILES string of the molecule is CCNc1cncc(N2CC(CO)OCC2C)c1. The summed E-state index contributed by atoms with van der Waals surface area (Å²) < 4.78 is 5.54. The minimum atomic E-state index is -0.107. The fourth-order valence-corrected chi connectivity index (χ4v) is 2.17. The van der Waals surface area contributed by atoms with E-state index in [2.05, 4.69) is 35.1 Å². The van der Waals surface area contributed by atoms with Gasteiger partial charge < -0.3 is 20.1 Å². The van der Waals surface area contributed by atoms with Crippen molar-refractivity contribution in [3.8, 4) is 0 Å². The summed E-state index contributed by atoms with van der Waals surface area (Å²) >= 11 is 0. The first kappa shape index (κ1) is 13.1. The summed E-state index contributed by atoms with van der Waals surface area (Å²) in [6.07, 6.45) is 3.57. The fourth-order valence-electron chi connectivity index (χ4n) is 2.17. The number of ether oxygens (including phenoxy) is 1. The first-order chi connectivity index (χ1) is 8.74. The Morgan fingerprint density at radius 3 is 3.11 bits per heavy atom. The molecule has 1 aromatic heterocycles. The van der Waals surface area contributed by atoms with Crippen LogP contribution in [0.25, 0.3) is 0 Å². The molecule has 100 valence electrons. The van der Waals surface area contributed by atoms with Crippen molar-refractivity contribution < 1.29 is 9.84 Å². The second kappa shape index (κ2) is 6.02. The Balaban J connectivity index is 2.15. The number of nitrogens with one attached hydrogen (secondary N) is 1. The summed E-state index contributed by atoms with van der Waals surface area (Å²) in [5.41, 5.74) is 2.09. The standard InChI is InChI=1S/C13H21N3O2/c1-3-15-11-4-12(6-14-5-11)16-7-13(8-17)18-9-10(16)2/h4-6,10,13,15,17H,3,7-9H2,1-2H3. The number of aliphatic hydroxyl groups excluding tert-OH is 1. The summed E-state index contributed by atoms with van der Waals surface area (Å²) in [6, 6.07) is 2.39. The molecule has 2 unspecified atom stereocenters. The summed E-state index contributed by atoms with van der Waals surface area (Å²) in [4.78, 5) is 6.49. The lowest BCUT2D eigenvalue weighted by molar-refractivity contribution is -0.0103. The van der Waals surface area contributed by atoms with Crippen LogP contribution in [0, 0.1) is 0 Å². The molecule has 0 saturated carbocycles. The van der Waals surface area contributed by atoms with Gasteiger partial charge in [-0.05, 0) is 19.9 Å². The molecule has 5 nitrogen and oxygen atoms in total. The lowest BCUT2D eigenvalue weighted by Crippen LogP contribution is -2.49. The van der Waals surface area contributed by atoms with E-state index < -0.39 is 0 Å². The number of aromatic nitrogens is 1. The van der Waals surface area contributed by atoms with Gasteiger partial charge in [-0.2, -0.15) is 0 Å². The van der Waals surface area contributed by atoms with Crippen molar-refractivity contribution in [2.24, 2.45) is 0 Å². The molecule has 0 aliphatic carbocycles. The molecule has 0 radical (unpaired) electrons. The van der Waals surface area contributed by atoms with Gasteiger partial charge in [0.05, 0.1) is 43.1 Å². The van der Waals surface area contributed by atoms with Gasteiger partial charge in [-0.1, -0.05) is 0 Å². The van der Waals surface area contributed by atoms with E-state index in [1.807, 2.05) is 12.4 Å². The molecule has 0 amide bonds. The number of hydrogen-bond donors (Lipinski definition) is 2. The molecule has 1 aliphatic heterocycles. The Labute approximate surface area is 108 Å². The summed E-state index contributed by atoms with van der Waals surface area (Å²) in [5, 5.41) is 12.5. The second-order valence-electron chi connectivity index (χ2n) is 4.60. The van der Waals surface area contributed by atoms with Gasteiger partial charge in [0.2, 0.25) is 0 Å². The highest BCUT2D eigenvalue weighted by Gasteiger charge is 2.26. The van der Waals surface area contributed by atoms with Gasteiger partial charge in [0, 0.05) is 19.1 Å². The fraction of sp³-hybridized carbons (Fsp3) is 0.615. The van der Waals surface area contributed by atoms with Crippen LogP contribution in [0.3, 0.4) is 0 Å². The Morgan fingerprint density at radius 2 is 2.39 bits per heavy atom. The molecule has 1 fully saturated rings. The molecular formula is C13H21N3O2. The Bertz CT molecular complexity index is 386. The lowest BCUT2D eigenvalue weighted by atomic mass is 10.1. The highest BCUT2D eigenvalue weighted by Crippen LogP contribution is 2.23. The smallest absolute Gasteiger partial charge is 0.0981 e. The average molecular weight is 251 g/mol. The molecular weight excluding hydrogens is 230 g/mol. The number of hydrogen-bond acceptors (Lipinski definition) is 5. The van der Waals surface area contributed by atoms with Crippen LogP contribution < -0.4 is 10.2 Å². The average Bonchev–Trinajstić information content (AvgIpc) is 2.40. The van der Waals surface area contributed by atoms with E-state index in [0.717, 1.165) is 17.9 Å². The summed E-state index contributed by atoms with van der Waals surface area (Å²) in [5.74, 6) is 0. The molecule has 1 aliphatic rings. The van der Waals surface area contributed by atoms with E-state index in [1.165, 1.54) is 0 Å². The van der Waals surface area contributed by atoms with Crippen LogP contribution in [-0.2, 0) is 4.74 Å². The van der Waals surface area contributed by atoms with Gasteiger partial charge in [-0.3, -0.25) is 4.98 Å². The van der Waals surface area contributed by atoms with E-state index in [-0.39, 0.29) is 12.7 Å². The van der Waals surface area contributed by atoms with Crippen molar-refractivity contribution in [3.63, 3.8) is 0 Å². The largest absolute Gasteiger partial charge is 0.394 e. The second-order valence-corrected chi connectivity index (χ2v) is 4.60. The first-order valence-electron chi connectivity index (χ1n) is 6.42. The number of morpholine rings is 1. The molecule has 5 heteroatoms. The van der Waals surface area contributed by atoms with E-state index in [1.54, 1.807) is 0 Å². The van der Waals surface area contributed by atoms with Gasteiger partial charge in [-0.15, -0.1) is 0 Å². The van der Waals surface area contributed by atoms with Crippen molar-refractivity contribution >= 4 is 11.4 Å². The quantitative estimate of drug-likeness (QED) is 0.839. The van der Waals surface area contributed by atoms with Gasteiger partial charge >= 0.3 is 0 Å². The predicted molar refractivity (Wildman–Crippen MR) is 72.0 cm³/mol. The van der Waals surface area contributed by atoms with Crippen molar-refractivity contribution in [3.05, 3.63) is 18.5 Å². The minimum Gasteiger partial charge on any atom is -0.394 e. The van der Waals surface area contributed by atoms with E-state index in [4.69, 9.17) is 4.74 Å². The molecule has 18 heavy (non-hydrogen) atoms. The van der Waals surface area contributed by atoms with Crippen molar-refractivity contribution in [2.75, 3.05) is 36.5 Å². The number of aliphatic hydroxyl groups is 1. The van der Waals surface area contributed by atoms with Gasteiger partial charge in [0.1, 0.15) is 0 Å². The van der Waals surface area contributed by atoms with Crippen LogP contribution in [0.4, 0.5) is 11.4 Å². The molecule has 0 spiro atoms. The highest BCUT2D eigenvalue weighted by atomic mass is 16.5. The van der Waals surface area contributed by atoms with Crippen LogP contribution in [-0.4, -0.2) is 48.5 Å². The van der Waals surface area contributed by atoms with E-state index in [0.29, 0.717) is 19.2 Å². The molecule has 0 bridgehead atoms. The first-order valence-corrected chi connectivity index (χ1v) is 6.42. The third-order valence-corrected chi connectivity index (χ3v) is 3.15. The summed E-state index contributed by atoms with van der Waals surface area (Å²) in [7, 11) is 0. The minimum absolute atomic E-state index is 0.0591. The highest BCUT2D eigenvalue weighted by molar-refractivity contribution is 5.56. The molecule has 0 aromatic carbocycles. The zero-order valence-corrected chi connectivity index (χ0v) is 11.0. The Hall–Kier alpha value is -1.33. The van der Waals surface area contributed by atoms with E-state index >= 15 is 0 Å². The maximum Gasteiger partial charge on any atom is 0.0981 e.